The summed E-state index contributed by atoms with van der Waals surface area (Å²) in [6, 6.07) is 0. The zero-order chi connectivity index (χ0) is 14.6. The highest BCUT2D eigenvalue weighted by atomic mass is 16.4. The Morgan fingerprint density at radius 1 is 1.37 bits per heavy atom. The zero-order valence-corrected chi connectivity index (χ0v) is 12.3. The highest BCUT2D eigenvalue weighted by Crippen LogP contribution is 2.24. The van der Waals surface area contributed by atoms with Gasteiger partial charge in [0.2, 0.25) is 5.91 Å². The monoisotopic (exact) mass is 270 g/mol. The van der Waals surface area contributed by atoms with Crippen LogP contribution in [0.5, 0.6) is 0 Å². The van der Waals surface area contributed by atoms with Crippen molar-refractivity contribution in [2.45, 2.75) is 34.1 Å². The van der Waals surface area contributed by atoms with Gasteiger partial charge in [0.15, 0.2) is 0 Å². The van der Waals surface area contributed by atoms with Crippen molar-refractivity contribution in [2.24, 2.45) is 23.2 Å². The molecule has 0 aromatic rings. The lowest BCUT2D eigenvalue weighted by atomic mass is 9.84. The molecular weight excluding hydrogens is 244 g/mol. The maximum atomic E-state index is 12.0. The van der Waals surface area contributed by atoms with Crippen molar-refractivity contribution in [3.63, 3.8) is 0 Å². The number of nitrogens with one attached hydrogen (secondary N) is 2. The van der Waals surface area contributed by atoms with Gasteiger partial charge in [-0.05, 0) is 24.3 Å². The Hall–Kier alpha value is -1.10. The molecule has 3 N–H and O–H groups in total. The van der Waals surface area contributed by atoms with Crippen molar-refractivity contribution in [3.8, 4) is 0 Å². The van der Waals surface area contributed by atoms with E-state index < -0.39 is 11.9 Å². The lowest BCUT2D eigenvalue weighted by Crippen LogP contribution is -2.39. The van der Waals surface area contributed by atoms with Crippen LogP contribution >= 0.6 is 0 Å². The van der Waals surface area contributed by atoms with Crippen LogP contribution in [0.1, 0.15) is 34.1 Å². The maximum absolute atomic E-state index is 12.0. The molecule has 19 heavy (non-hydrogen) atoms. The van der Waals surface area contributed by atoms with Crippen molar-refractivity contribution >= 4 is 11.9 Å². The molecule has 0 aliphatic carbocycles. The molecule has 1 unspecified atom stereocenters. The number of hydrogen-bond donors (Lipinski definition) is 3. The predicted molar refractivity (Wildman–Crippen MR) is 73.7 cm³/mol. The summed E-state index contributed by atoms with van der Waals surface area (Å²) in [7, 11) is 0. The first kappa shape index (κ1) is 16.0. The highest BCUT2D eigenvalue weighted by Gasteiger charge is 2.31. The van der Waals surface area contributed by atoms with Crippen molar-refractivity contribution in [1.82, 2.24) is 10.6 Å². The molecule has 3 atom stereocenters. The highest BCUT2D eigenvalue weighted by molar-refractivity contribution is 5.80. The molecule has 1 amide bonds. The van der Waals surface area contributed by atoms with Crippen LogP contribution in [-0.4, -0.2) is 36.6 Å². The number of aliphatic carboxylic acids is 1. The molecule has 0 spiro atoms. The third-order valence-corrected chi connectivity index (χ3v) is 3.58. The van der Waals surface area contributed by atoms with E-state index in [1.165, 1.54) is 0 Å². The molecule has 0 aromatic carbocycles. The number of carboxylic acids is 1. The summed E-state index contributed by atoms with van der Waals surface area (Å²) < 4.78 is 0. The molecule has 1 saturated heterocycles. The minimum absolute atomic E-state index is 0.0299. The quantitative estimate of drug-likeness (QED) is 0.699. The second-order valence-electron chi connectivity index (χ2n) is 6.79. The lowest BCUT2D eigenvalue weighted by Gasteiger charge is -2.24. The standard InChI is InChI=1S/C14H26N2O3/c1-9-6-15-8-11(9)12(17)16-7-10(13(18)19)5-14(2,3)4/h9-11,15H,5-8H2,1-4H3,(H,16,17)(H,18,19)/t9-,10?,11-/m1/s1. The molecule has 5 nitrogen and oxygen atoms in total. The van der Waals surface area contributed by atoms with Gasteiger partial charge in [0, 0.05) is 13.1 Å². The molecule has 1 aliphatic rings. The Balaban J connectivity index is 2.47. The molecule has 1 heterocycles. The molecule has 0 saturated carbocycles. The van der Waals surface area contributed by atoms with E-state index >= 15 is 0 Å². The van der Waals surface area contributed by atoms with E-state index in [9.17, 15) is 14.7 Å². The minimum atomic E-state index is -0.840. The summed E-state index contributed by atoms with van der Waals surface area (Å²) in [4.78, 5) is 23.2. The molecule has 0 radical (unpaired) electrons. The Kier molecular flexibility index (Phi) is 5.35. The van der Waals surface area contributed by atoms with Crippen molar-refractivity contribution in [1.29, 1.82) is 0 Å². The van der Waals surface area contributed by atoms with Gasteiger partial charge in [-0.3, -0.25) is 9.59 Å². The fraction of sp³-hybridized carbons (Fsp3) is 0.857. The topological polar surface area (TPSA) is 78.4 Å². The van der Waals surface area contributed by atoms with Crippen molar-refractivity contribution in [2.75, 3.05) is 19.6 Å². The first-order valence-corrected chi connectivity index (χ1v) is 6.92. The number of carboxylic acid groups (broad SMARTS) is 1. The van der Waals surface area contributed by atoms with Gasteiger partial charge in [-0.2, -0.15) is 0 Å². The van der Waals surface area contributed by atoms with Gasteiger partial charge in [-0.25, -0.2) is 0 Å². The summed E-state index contributed by atoms with van der Waals surface area (Å²) >= 11 is 0. The van der Waals surface area contributed by atoms with Crippen LogP contribution in [0.2, 0.25) is 0 Å². The molecule has 1 aliphatic heterocycles. The second-order valence-corrected chi connectivity index (χ2v) is 6.79. The Bertz CT molecular complexity index is 336. The first-order chi connectivity index (χ1) is 8.70. The number of carbonyl (C=O) groups is 2. The van der Waals surface area contributed by atoms with Crippen LogP contribution in [0.15, 0.2) is 0 Å². The molecule has 0 bridgehead atoms. The van der Waals surface area contributed by atoms with Gasteiger partial charge in [-0.1, -0.05) is 27.7 Å². The molecule has 5 heteroatoms. The smallest absolute Gasteiger partial charge is 0.308 e. The van der Waals surface area contributed by atoms with Gasteiger partial charge >= 0.3 is 5.97 Å². The van der Waals surface area contributed by atoms with E-state index in [4.69, 9.17) is 0 Å². The van der Waals surface area contributed by atoms with E-state index in [1.54, 1.807) is 0 Å². The molecule has 1 fully saturated rings. The van der Waals surface area contributed by atoms with E-state index in [2.05, 4.69) is 10.6 Å². The van der Waals surface area contributed by atoms with Crippen molar-refractivity contribution < 1.29 is 14.7 Å². The fourth-order valence-electron chi connectivity index (χ4n) is 2.50. The number of amides is 1. The SMILES string of the molecule is C[C@@H]1CNC[C@H]1C(=O)NCC(CC(C)(C)C)C(=O)O. The van der Waals surface area contributed by atoms with Crippen LogP contribution in [0.25, 0.3) is 0 Å². The van der Waals surface area contributed by atoms with Crippen LogP contribution in [0.3, 0.4) is 0 Å². The van der Waals surface area contributed by atoms with Crippen LogP contribution in [0.4, 0.5) is 0 Å². The second kappa shape index (κ2) is 6.37. The lowest BCUT2D eigenvalue weighted by molar-refractivity contribution is -0.142. The summed E-state index contributed by atoms with van der Waals surface area (Å²) in [5, 5.41) is 15.2. The number of hydrogen-bond acceptors (Lipinski definition) is 3. The van der Waals surface area contributed by atoms with Crippen molar-refractivity contribution in [3.05, 3.63) is 0 Å². The van der Waals surface area contributed by atoms with E-state index in [1.807, 2.05) is 27.7 Å². The summed E-state index contributed by atoms with van der Waals surface area (Å²) in [6.45, 7) is 9.81. The van der Waals surface area contributed by atoms with Gasteiger partial charge in [0.1, 0.15) is 0 Å². The summed E-state index contributed by atoms with van der Waals surface area (Å²) in [5.74, 6) is -1.12. The van der Waals surface area contributed by atoms with Gasteiger partial charge in [0.05, 0.1) is 11.8 Å². The minimum Gasteiger partial charge on any atom is -0.481 e. The zero-order valence-electron chi connectivity index (χ0n) is 12.3. The normalized spacial score (nSPS) is 25.1. The third-order valence-electron chi connectivity index (χ3n) is 3.58. The Morgan fingerprint density at radius 3 is 2.42 bits per heavy atom. The van der Waals surface area contributed by atoms with Gasteiger partial charge < -0.3 is 15.7 Å². The maximum Gasteiger partial charge on any atom is 0.308 e. The molecule has 1 rings (SSSR count). The number of rotatable bonds is 5. The molecule has 0 aromatic heterocycles. The predicted octanol–water partition coefficient (Wildman–Crippen LogP) is 1.10. The first-order valence-electron chi connectivity index (χ1n) is 6.92. The molecular formula is C14H26N2O3. The summed E-state index contributed by atoms with van der Waals surface area (Å²) in [6.07, 6.45) is 0.557. The molecule has 110 valence electrons. The number of carbonyl (C=O) groups excluding carboxylic acids is 1. The Morgan fingerprint density at radius 2 is 2.00 bits per heavy atom. The van der Waals surface area contributed by atoms with Crippen LogP contribution < -0.4 is 10.6 Å². The van der Waals surface area contributed by atoms with E-state index in [0.29, 0.717) is 18.9 Å². The third kappa shape index (κ3) is 5.19. The largest absolute Gasteiger partial charge is 0.481 e. The van der Waals surface area contributed by atoms with Crippen LogP contribution in [0, 0.1) is 23.2 Å². The van der Waals surface area contributed by atoms with Crippen LogP contribution in [-0.2, 0) is 9.59 Å². The van der Waals surface area contributed by atoms with Gasteiger partial charge in [-0.15, -0.1) is 0 Å². The average Bonchev–Trinajstić information content (AvgIpc) is 2.68. The average molecular weight is 270 g/mol. The fourth-order valence-corrected chi connectivity index (χ4v) is 2.50. The Labute approximate surface area is 115 Å². The van der Waals surface area contributed by atoms with E-state index in [0.717, 1.165) is 6.54 Å². The van der Waals surface area contributed by atoms with E-state index in [-0.39, 0.29) is 23.8 Å². The summed E-state index contributed by atoms with van der Waals surface area (Å²) in [5.41, 5.74) is -0.0595. The van der Waals surface area contributed by atoms with Gasteiger partial charge in [0.25, 0.3) is 0 Å².